The van der Waals surface area contributed by atoms with E-state index < -0.39 is 0 Å². The first kappa shape index (κ1) is 14.8. The number of carbonyl (C=O) groups excluding carboxylic acids is 1. The highest BCUT2D eigenvalue weighted by atomic mass is 32.2. The molecule has 1 amide bonds. The van der Waals surface area contributed by atoms with E-state index in [0.717, 1.165) is 38.4 Å². The van der Waals surface area contributed by atoms with Gasteiger partial charge in [-0.05, 0) is 37.3 Å². The van der Waals surface area contributed by atoms with Crippen LogP contribution in [-0.2, 0) is 9.53 Å². The second-order valence-corrected chi connectivity index (χ2v) is 5.56. The Labute approximate surface area is 108 Å². The van der Waals surface area contributed by atoms with Crippen LogP contribution in [0.3, 0.4) is 0 Å². The lowest BCUT2D eigenvalue weighted by atomic mass is 10.1. The standard InChI is InChI=1S/C12H24N2O2S/c1-10(9-17-2)7-13-8-12(15)14-11-3-5-16-6-4-11/h10-11,13H,3-9H2,1-2H3,(H,14,15). The first-order valence-corrected chi connectivity index (χ1v) is 7.68. The van der Waals surface area contributed by atoms with Crippen LogP contribution in [0.25, 0.3) is 0 Å². The number of hydrogen-bond donors (Lipinski definition) is 2. The van der Waals surface area contributed by atoms with E-state index in [9.17, 15) is 4.79 Å². The van der Waals surface area contributed by atoms with Gasteiger partial charge in [0, 0.05) is 19.3 Å². The van der Waals surface area contributed by atoms with Gasteiger partial charge in [0.25, 0.3) is 0 Å². The third-order valence-electron chi connectivity index (χ3n) is 2.82. The van der Waals surface area contributed by atoms with Crippen molar-refractivity contribution in [2.24, 2.45) is 5.92 Å². The van der Waals surface area contributed by atoms with Crippen molar-refractivity contribution < 1.29 is 9.53 Å². The van der Waals surface area contributed by atoms with E-state index >= 15 is 0 Å². The molecule has 1 saturated heterocycles. The highest BCUT2D eigenvalue weighted by Crippen LogP contribution is 2.05. The zero-order valence-electron chi connectivity index (χ0n) is 10.8. The Morgan fingerprint density at radius 2 is 2.18 bits per heavy atom. The predicted molar refractivity (Wildman–Crippen MR) is 72.4 cm³/mol. The van der Waals surface area contributed by atoms with E-state index in [1.165, 1.54) is 0 Å². The third-order valence-corrected chi connectivity index (χ3v) is 3.72. The van der Waals surface area contributed by atoms with Crippen molar-refractivity contribution in [2.45, 2.75) is 25.8 Å². The Morgan fingerprint density at radius 1 is 1.47 bits per heavy atom. The third kappa shape index (κ3) is 6.91. The van der Waals surface area contributed by atoms with Gasteiger partial charge >= 0.3 is 0 Å². The summed E-state index contributed by atoms with van der Waals surface area (Å²) < 4.78 is 5.25. The average Bonchev–Trinajstić information content (AvgIpc) is 2.30. The number of amides is 1. The molecular weight excluding hydrogens is 236 g/mol. The lowest BCUT2D eigenvalue weighted by molar-refractivity contribution is -0.121. The molecule has 0 bridgehead atoms. The molecule has 1 heterocycles. The van der Waals surface area contributed by atoms with Gasteiger partial charge in [-0.3, -0.25) is 4.79 Å². The molecule has 2 N–H and O–H groups in total. The van der Waals surface area contributed by atoms with Crippen LogP contribution >= 0.6 is 11.8 Å². The smallest absolute Gasteiger partial charge is 0.234 e. The maximum absolute atomic E-state index is 11.6. The lowest BCUT2D eigenvalue weighted by Crippen LogP contribution is -2.43. The zero-order chi connectivity index (χ0) is 12.5. The van der Waals surface area contributed by atoms with Crippen LogP contribution in [0.4, 0.5) is 0 Å². The minimum Gasteiger partial charge on any atom is -0.381 e. The Morgan fingerprint density at radius 3 is 2.82 bits per heavy atom. The Kier molecular flexibility index (Phi) is 7.64. The van der Waals surface area contributed by atoms with Crippen LogP contribution in [0.1, 0.15) is 19.8 Å². The Bertz CT molecular complexity index is 221. The van der Waals surface area contributed by atoms with Crippen molar-refractivity contribution in [3.63, 3.8) is 0 Å². The molecule has 0 spiro atoms. The Hall–Kier alpha value is -0.260. The molecule has 1 aliphatic heterocycles. The van der Waals surface area contributed by atoms with Crippen LogP contribution in [-0.4, -0.2) is 50.3 Å². The highest BCUT2D eigenvalue weighted by molar-refractivity contribution is 7.98. The van der Waals surface area contributed by atoms with Gasteiger partial charge in [-0.25, -0.2) is 0 Å². The largest absolute Gasteiger partial charge is 0.381 e. The molecule has 1 unspecified atom stereocenters. The van der Waals surface area contributed by atoms with Crippen LogP contribution in [0.2, 0.25) is 0 Å². The average molecular weight is 260 g/mol. The monoisotopic (exact) mass is 260 g/mol. The first-order valence-electron chi connectivity index (χ1n) is 6.29. The van der Waals surface area contributed by atoms with Crippen molar-refractivity contribution in [3.8, 4) is 0 Å². The molecule has 1 fully saturated rings. The predicted octanol–water partition coefficient (Wildman–Crippen LogP) is 0.870. The molecule has 5 heteroatoms. The molecule has 1 rings (SSSR count). The van der Waals surface area contributed by atoms with Gasteiger partial charge in [0.2, 0.25) is 5.91 Å². The van der Waals surface area contributed by atoms with Gasteiger partial charge in [0.05, 0.1) is 6.54 Å². The van der Waals surface area contributed by atoms with Crippen LogP contribution in [0, 0.1) is 5.92 Å². The molecular formula is C12H24N2O2S. The van der Waals surface area contributed by atoms with Crippen molar-refractivity contribution in [1.29, 1.82) is 0 Å². The maximum Gasteiger partial charge on any atom is 0.234 e. The number of ether oxygens (including phenoxy) is 1. The molecule has 1 aliphatic rings. The summed E-state index contributed by atoms with van der Waals surface area (Å²) in [5.74, 6) is 1.85. The Balaban J connectivity index is 2.04. The van der Waals surface area contributed by atoms with Crippen LogP contribution < -0.4 is 10.6 Å². The van der Waals surface area contributed by atoms with Crippen molar-refractivity contribution in [3.05, 3.63) is 0 Å². The lowest BCUT2D eigenvalue weighted by Gasteiger charge is -2.23. The van der Waals surface area contributed by atoms with E-state index in [1.807, 2.05) is 11.8 Å². The molecule has 0 aliphatic carbocycles. The SMILES string of the molecule is CSCC(C)CNCC(=O)NC1CCOCC1. The van der Waals surface area contributed by atoms with Gasteiger partial charge < -0.3 is 15.4 Å². The van der Waals surface area contributed by atoms with Crippen LogP contribution in [0.15, 0.2) is 0 Å². The summed E-state index contributed by atoms with van der Waals surface area (Å²) in [6.07, 6.45) is 3.98. The normalized spacial score (nSPS) is 18.9. The molecule has 100 valence electrons. The summed E-state index contributed by atoms with van der Waals surface area (Å²) in [4.78, 5) is 11.6. The summed E-state index contributed by atoms with van der Waals surface area (Å²) in [6.45, 7) is 5.06. The molecule has 4 nitrogen and oxygen atoms in total. The first-order chi connectivity index (χ1) is 8.22. The number of thioether (sulfide) groups is 1. The zero-order valence-corrected chi connectivity index (χ0v) is 11.6. The molecule has 0 aromatic carbocycles. The van der Waals surface area contributed by atoms with Crippen LogP contribution in [0.5, 0.6) is 0 Å². The molecule has 1 atom stereocenters. The fraction of sp³-hybridized carbons (Fsp3) is 0.917. The van der Waals surface area contributed by atoms with Gasteiger partial charge in [-0.1, -0.05) is 6.92 Å². The van der Waals surface area contributed by atoms with Crippen molar-refractivity contribution in [1.82, 2.24) is 10.6 Å². The molecule has 0 saturated carbocycles. The fourth-order valence-electron chi connectivity index (χ4n) is 1.90. The summed E-state index contributed by atoms with van der Waals surface area (Å²) in [7, 11) is 0. The molecule has 0 aromatic rings. The van der Waals surface area contributed by atoms with Crippen molar-refractivity contribution in [2.75, 3.05) is 38.3 Å². The van der Waals surface area contributed by atoms with E-state index in [1.54, 1.807) is 0 Å². The maximum atomic E-state index is 11.6. The van der Waals surface area contributed by atoms with E-state index in [-0.39, 0.29) is 5.91 Å². The number of hydrogen-bond acceptors (Lipinski definition) is 4. The van der Waals surface area contributed by atoms with Gasteiger partial charge in [-0.15, -0.1) is 0 Å². The number of rotatable bonds is 7. The fourth-order valence-corrected chi connectivity index (χ4v) is 2.58. The second-order valence-electron chi connectivity index (χ2n) is 4.65. The summed E-state index contributed by atoms with van der Waals surface area (Å²) in [6, 6.07) is 0.307. The van der Waals surface area contributed by atoms with Gasteiger partial charge in [-0.2, -0.15) is 11.8 Å². The van der Waals surface area contributed by atoms with Crippen molar-refractivity contribution >= 4 is 17.7 Å². The summed E-state index contributed by atoms with van der Waals surface area (Å²) in [5, 5.41) is 6.24. The van der Waals surface area contributed by atoms with E-state index in [2.05, 4.69) is 23.8 Å². The summed E-state index contributed by atoms with van der Waals surface area (Å²) in [5.41, 5.74) is 0. The van der Waals surface area contributed by atoms with E-state index in [4.69, 9.17) is 4.74 Å². The van der Waals surface area contributed by atoms with Gasteiger partial charge in [0.15, 0.2) is 0 Å². The molecule has 0 radical (unpaired) electrons. The quantitative estimate of drug-likeness (QED) is 0.713. The number of nitrogens with one attached hydrogen (secondary N) is 2. The molecule has 17 heavy (non-hydrogen) atoms. The van der Waals surface area contributed by atoms with E-state index in [0.29, 0.717) is 18.5 Å². The minimum atomic E-state index is 0.105. The summed E-state index contributed by atoms with van der Waals surface area (Å²) >= 11 is 1.84. The topological polar surface area (TPSA) is 50.4 Å². The molecule has 0 aromatic heterocycles. The van der Waals surface area contributed by atoms with Gasteiger partial charge in [0.1, 0.15) is 0 Å². The number of carbonyl (C=O) groups is 1. The minimum absolute atomic E-state index is 0.105. The second kappa shape index (κ2) is 8.78. The highest BCUT2D eigenvalue weighted by Gasteiger charge is 2.15.